The Morgan fingerprint density at radius 3 is 2.60 bits per heavy atom. The van der Waals surface area contributed by atoms with Gasteiger partial charge in [-0.2, -0.15) is 0 Å². The van der Waals surface area contributed by atoms with E-state index in [0.717, 1.165) is 12.0 Å². The van der Waals surface area contributed by atoms with Crippen LogP contribution in [0, 0.1) is 5.92 Å². The van der Waals surface area contributed by atoms with E-state index in [1.807, 2.05) is 0 Å². The quantitative estimate of drug-likeness (QED) is 0.738. The van der Waals surface area contributed by atoms with Gasteiger partial charge < -0.3 is 5.32 Å². The molecule has 1 aliphatic carbocycles. The monoisotopic (exact) mass is 208 g/mol. The number of aryl methyl sites for hydroxylation is 1. The van der Waals surface area contributed by atoms with Gasteiger partial charge in [0.1, 0.15) is 12.4 Å². The average molecular weight is 208 g/mol. The fourth-order valence-electron chi connectivity index (χ4n) is 2.54. The molecule has 1 heterocycles. The van der Waals surface area contributed by atoms with Gasteiger partial charge in [-0.15, -0.1) is 0 Å². The number of nitrogens with zero attached hydrogens (tertiary/aromatic N) is 2. The molecule has 0 bridgehead atoms. The number of hydrogen-bond donors (Lipinski definition) is 1. The van der Waals surface area contributed by atoms with Crippen molar-refractivity contribution < 1.29 is 4.57 Å². The largest absolute Gasteiger partial charge is 0.317 e. The molecule has 0 saturated heterocycles. The van der Waals surface area contributed by atoms with Crippen LogP contribution in [-0.4, -0.2) is 17.7 Å². The highest BCUT2D eigenvalue weighted by Crippen LogP contribution is 2.25. The number of aromatic nitrogens is 2. The summed E-state index contributed by atoms with van der Waals surface area (Å²) < 4.78 is 4.42. The lowest BCUT2D eigenvalue weighted by atomic mass is 9.86. The average Bonchev–Trinajstić information content (AvgIpc) is 2.65. The Hall–Kier alpha value is -0.830. The Morgan fingerprint density at radius 1 is 1.33 bits per heavy atom. The van der Waals surface area contributed by atoms with Crippen LogP contribution in [0.5, 0.6) is 0 Å². The highest BCUT2D eigenvalue weighted by atomic mass is 15.1. The van der Waals surface area contributed by atoms with Gasteiger partial charge in [-0.25, -0.2) is 9.13 Å². The minimum Gasteiger partial charge on any atom is -0.317 e. The van der Waals surface area contributed by atoms with E-state index in [4.69, 9.17) is 0 Å². The Kier molecular flexibility index (Phi) is 3.41. The molecule has 1 N–H and O–H groups in total. The maximum absolute atomic E-state index is 3.38. The molecule has 0 aromatic carbocycles. The molecule has 0 unspecified atom stereocenters. The SMILES string of the molecule is CNC1CCC(Cn2cc[n+](C)c2)CC1. The van der Waals surface area contributed by atoms with Gasteiger partial charge in [-0.05, 0) is 38.6 Å². The fraction of sp³-hybridized carbons (Fsp3) is 0.750. The van der Waals surface area contributed by atoms with Crippen LogP contribution in [0.4, 0.5) is 0 Å². The van der Waals surface area contributed by atoms with E-state index in [1.54, 1.807) is 0 Å². The first-order valence-electron chi connectivity index (χ1n) is 5.96. The summed E-state index contributed by atoms with van der Waals surface area (Å²) in [6.45, 7) is 1.19. The van der Waals surface area contributed by atoms with Gasteiger partial charge in [0, 0.05) is 6.04 Å². The van der Waals surface area contributed by atoms with E-state index in [2.05, 4.69) is 47.3 Å². The molecule has 1 aromatic heterocycles. The first-order valence-corrected chi connectivity index (χ1v) is 5.96. The molecule has 0 amide bonds. The predicted molar refractivity (Wildman–Crippen MR) is 60.4 cm³/mol. The molecule has 3 nitrogen and oxygen atoms in total. The molecule has 1 saturated carbocycles. The summed E-state index contributed by atoms with van der Waals surface area (Å²) in [5.41, 5.74) is 0. The van der Waals surface area contributed by atoms with Gasteiger partial charge in [0.2, 0.25) is 6.33 Å². The molecule has 0 atom stereocenters. The molecule has 1 aliphatic rings. The predicted octanol–water partition coefficient (Wildman–Crippen LogP) is 1.09. The third kappa shape index (κ3) is 2.81. The zero-order chi connectivity index (χ0) is 10.7. The minimum absolute atomic E-state index is 0.766. The molecule has 84 valence electrons. The third-order valence-electron chi connectivity index (χ3n) is 3.55. The Bertz CT molecular complexity index is 298. The van der Waals surface area contributed by atoms with Crippen molar-refractivity contribution in [3.63, 3.8) is 0 Å². The topological polar surface area (TPSA) is 20.8 Å². The second-order valence-corrected chi connectivity index (χ2v) is 4.78. The summed E-state index contributed by atoms with van der Waals surface area (Å²) in [5, 5.41) is 3.38. The summed E-state index contributed by atoms with van der Waals surface area (Å²) >= 11 is 0. The van der Waals surface area contributed by atoms with Crippen molar-refractivity contribution in [1.29, 1.82) is 0 Å². The van der Waals surface area contributed by atoms with E-state index in [0.29, 0.717) is 0 Å². The Morgan fingerprint density at radius 2 is 2.07 bits per heavy atom. The molecule has 3 heteroatoms. The molecule has 0 aliphatic heterocycles. The Balaban J connectivity index is 1.82. The molecule has 0 spiro atoms. The lowest BCUT2D eigenvalue weighted by Crippen LogP contribution is -2.31. The van der Waals surface area contributed by atoms with Gasteiger partial charge in [0.15, 0.2) is 0 Å². The van der Waals surface area contributed by atoms with Crippen LogP contribution in [0.15, 0.2) is 18.7 Å². The molecule has 0 radical (unpaired) electrons. The smallest absolute Gasteiger partial charge is 0.243 e. The fourth-order valence-corrected chi connectivity index (χ4v) is 2.54. The van der Waals surface area contributed by atoms with Gasteiger partial charge in [-0.3, -0.25) is 0 Å². The van der Waals surface area contributed by atoms with Crippen LogP contribution >= 0.6 is 0 Å². The zero-order valence-corrected chi connectivity index (χ0v) is 9.82. The highest BCUT2D eigenvalue weighted by molar-refractivity contribution is 4.77. The summed E-state index contributed by atoms with van der Waals surface area (Å²) in [6.07, 6.45) is 11.9. The number of imidazole rings is 1. The molecular formula is C12H22N3+. The third-order valence-corrected chi connectivity index (χ3v) is 3.55. The lowest BCUT2D eigenvalue weighted by molar-refractivity contribution is -0.671. The maximum Gasteiger partial charge on any atom is 0.243 e. The zero-order valence-electron chi connectivity index (χ0n) is 9.82. The van der Waals surface area contributed by atoms with E-state index >= 15 is 0 Å². The molecule has 2 rings (SSSR count). The summed E-state index contributed by atoms with van der Waals surface area (Å²) in [7, 11) is 4.16. The van der Waals surface area contributed by atoms with Gasteiger partial charge in [0.05, 0.1) is 13.6 Å². The van der Waals surface area contributed by atoms with Crippen molar-refractivity contribution >= 4 is 0 Å². The van der Waals surface area contributed by atoms with Crippen molar-refractivity contribution in [2.24, 2.45) is 13.0 Å². The van der Waals surface area contributed by atoms with Crippen molar-refractivity contribution in [1.82, 2.24) is 9.88 Å². The van der Waals surface area contributed by atoms with E-state index < -0.39 is 0 Å². The van der Waals surface area contributed by atoms with Crippen molar-refractivity contribution in [2.45, 2.75) is 38.3 Å². The van der Waals surface area contributed by atoms with Crippen molar-refractivity contribution in [2.75, 3.05) is 7.05 Å². The molecular weight excluding hydrogens is 186 g/mol. The number of hydrogen-bond acceptors (Lipinski definition) is 1. The van der Waals surface area contributed by atoms with Crippen LogP contribution in [0.25, 0.3) is 0 Å². The van der Waals surface area contributed by atoms with Crippen LogP contribution in [0.2, 0.25) is 0 Å². The van der Waals surface area contributed by atoms with Gasteiger partial charge >= 0.3 is 0 Å². The summed E-state index contributed by atoms with van der Waals surface area (Å²) in [6, 6.07) is 0.766. The molecule has 1 aromatic rings. The normalized spacial score (nSPS) is 26.8. The van der Waals surface area contributed by atoms with E-state index in [1.165, 1.54) is 32.2 Å². The number of nitrogens with one attached hydrogen (secondary N) is 1. The van der Waals surface area contributed by atoms with Crippen LogP contribution in [-0.2, 0) is 13.6 Å². The molecule has 1 fully saturated rings. The second kappa shape index (κ2) is 4.79. The standard InChI is InChI=1S/C12H22N3/c1-13-12-5-3-11(4-6-12)9-15-8-7-14(2)10-15/h7-8,10-13H,3-6,9H2,1-2H3/q+1. The van der Waals surface area contributed by atoms with Crippen LogP contribution in [0.3, 0.4) is 0 Å². The molecule has 15 heavy (non-hydrogen) atoms. The van der Waals surface area contributed by atoms with E-state index in [9.17, 15) is 0 Å². The highest BCUT2D eigenvalue weighted by Gasteiger charge is 2.21. The van der Waals surface area contributed by atoms with E-state index in [-0.39, 0.29) is 0 Å². The first-order chi connectivity index (χ1) is 7.28. The van der Waals surface area contributed by atoms with Crippen molar-refractivity contribution in [3.8, 4) is 0 Å². The maximum atomic E-state index is 3.38. The number of rotatable bonds is 3. The Labute approximate surface area is 92.1 Å². The van der Waals surface area contributed by atoms with Crippen LogP contribution < -0.4 is 9.88 Å². The minimum atomic E-state index is 0.766. The summed E-state index contributed by atoms with van der Waals surface area (Å²) in [4.78, 5) is 0. The first kappa shape index (κ1) is 10.7. The summed E-state index contributed by atoms with van der Waals surface area (Å²) in [5.74, 6) is 0.877. The van der Waals surface area contributed by atoms with Crippen molar-refractivity contribution in [3.05, 3.63) is 18.7 Å². The van der Waals surface area contributed by atoms with Crippen LogP contribution in [0.1, 0.15) is 25.7 Å². The second-order valence-electron chi connectivity index (χ2n) is 4.78. The van der Waals surface area contributed by atoms with Gasteiger partial charge in [0.25, 0.3) is 0 Å². The van der Waals surface area contributed by atoms with Gasteiger partial charge in [-0.1, -0.05) is 0 Å². The lowest BCUT2D eigenvalue weighted by Gasteiger charge is -2.26.